The van der Waals surface area contributed by atoms with E-state index < -0.39 is 17.9 Å². The zero-order valence-corrected chi connectivity index (χ0v) is 18.8. The molecular weight excluding hydrogens is 360 g/mol. The lowest BCUT2D eigenvalue weighted by Gasteiger charge is -2.18. The molecule has 0 aromatic rings. The second-order valence-electron chi connectivity index (χ2n) is 9.04. The molecule has 0 saturated carbocycles. The zero-order valence-electron chi connectivity index (χ0n) is 18.8. The number of carbonyl (C=O) groups is 4. The molecule has 6 nitrogen and oxygen atoms in total. The van der Waals surface area contributed by atoms with Crippen LogP contribution in [0.2, 0.25) is 0 Å². The molecule has 0 spiro atoms. The topological polar surface area (TPSA) is 109 Å². The van der Waals surface area contributed by atoms with Gasteiger partial charge < -0.3 is 10.2 Å². The van der Waals surface area contributed by atoms with Crippen LogP contribution in [-0.2, 0) is 19.2 Å². The number of aliphatic carboxylic acids is 2. The fraction of sp³-hybridized carbons (Fsp3) is 0.818. The van der Waals surface area contributed by atoms with E-state index in [0.717, 1.165) is 0 Å². The first-order chi connectivity index (χ1) is 12.7. The van der Waals surface area contributed by atoms with E-state index in [1.807, 2.05) is 55.4 Å². The molecule has 0 rings (SSSR count). The maximum absolute atomic E-state index is 11.7. The third kappa shape index (κ3) is 14.4. The molecule has 28 heavy (non-hydrogen) atoms. The molecule has 0 heterocycles. The Morgan fingerprint density at radius 3 is 1.32 bits per heavy atom. The van der Waals surface area contributed by atoms with Crippen molar-refractivity contribution in [1.29, 1.82) is 0 Å². The summed E-state index contributed by atoms with van der Waals surface area (Å²) in [5.74, 6) is -1.73. The van der Waals surface area contributed by atoms with Gasteiger partial charge in [-0.15, -0.1) is 0 Å². The molecule has 164 valence electrons. The first kappa shape index (κ1) is 28.5. The maximum atomic E-state index is 11.7. The van der Waals surface area contributed by atoms with Crippen LogP contribution in [0.1, 0.15) is 81.1 Å². The molecule has 0 saturated heterocycles. The smallest absolute Gasteiger partial charge is 0.307 e. The zero-order chi connectivity index (χ0) is 22.6. The average Bonchev–Trinajstić information content (AvgIpc) is 2.48. The van der Waals surface area contributed by atoms with Crippen molar-refractivity contribution in [3.8, 4) is 0 Å². The predicted molar refractivity (Wildman–Crippen MR) is 110 cm³/mol. The minimum atomic E-state index is -0.888. The summed E-state index contributed by atoms with van der Waals surface area (Å²) in [5.41, 5.74) is 0. The molecule has 0 aromatic heterocycles. The molecule has 2 unspecified atom stereocenters. The van der Waals surface area contributed by atoms with Gasteiger partial charge in [-0.3, -0.25) is 19.2 Å². The summed E-state index contributed by atoms with van der Waals surface area (Å²) >= 11 is 0. The number of ketones is 2. The summed E-state index contributed by atoms with van der Waals surface area (Å²) in [6.45, 7) is 15.3. The Bertz CT molecular complexity index is 505. The molecule has 0 aliphatic heterocycles. The molecule has 0 aliphatic rings. The van der Waals surface area contributed by atoms with E-state index in [2.05, 4.69) is 0 Å². The SMILES string of the molecule is CC(C)CC(=O)C(CC(=O)O)C(C)C.CC(C)CC(=O)CC(C(=O)O)C(C)C. The molecule has 0 amide bonds. The molecule has 2 atom stereocenters. The molecule has 0 aliphatic carbocycles. The third-order valence-corrected chi connectivity index (χ3v) is 4.43. The molecule has 0 bridgehead atoms. The number of carboxylic acids is 2. The van der Waals surface area contributed by atoms with Gasteiger partial charge in [-0.05, 0) is 23.7 Å². The summed E-state index contributed by atoms with van der Waals surface area (Å²) in [6, 6.07) is 0. The molecule has 2 N–H and O–H groups in total. The molecular formula is C22H40O6. The number of carboxylic acid groups (broad SMARTS) is 2. The van der Waals surface area contributed by atoms with Gasteiger partial charge in [-0.1, -0.05) is 55.4 Å². The highest BCUT2D eigenvalue weighted by molar-refractivity contribution is 5.85. The summed E-state index contributed by atoms with van der Waals surface area (Å²) in [4.78, 5) is 44.4. The van der Waals surface area contributed by atoms with Crippen molar-refractivity contribution in [2.75, 3.05) is 0 Å². The summed E-state index contributed by atoms with van der Waals surface area (Å²) in [6.07, 6.45) is 1.10. The number of Topliss-reactive ketones (excluding diaryl/α,β-unsaturated/α-hetero) is 2. The number of carbonyl (C=O) groups excluding carboxylic acids is 2. The van der Waals surface area contributed by atoms with Crippen LogP contribution in [0.4, 0.5) is 0 Å². The Morgan fingerprint density at radius 1 is 0.607 bits per heavy atom. The van der Waals surface area contributed by atoms with Gasteiger partial charge in [0, 0.05) is 25.2 Å². The number of rotatable bonds is 12. The first-order valence-corrected chi connectivity index (χ1v) is 10.2. The van der Waals surface area contributed by atoms with E-state index in [9.17, 15) is 19.2 Å². The van der Waals surface area contributed by atoms with Crippen molar-refractivity contribution < 1.29 is 29.4 Å². The lowest BCUT2D eigenvalue weighted by molar-refractivity contribution is -0.145. The van der Waals surface area contributed by atoms with E-state index in [4.69, 9.17) is 10.2 Å². The lowest BCUT2D eigenvalue weighted by atomic mass is 9.85. The summed E-state index contributed by atoms with van der Waals surface area (Å²) in [7, 11) is 0. The first-order valence-electron chi connectivity index (χ1n) is 10.2. The largest absolute Gasteiger partial charge is 0.481 e. The van der Waals surface area contributed by atoms with Crippen molar-refractivity contribution >= 4 is 23.5 Å². The van der Waals surface area contributed by atoms with Gasteiger partial charge in [0.05, 0.1) is 12.3 Å². The van der Waals surface area contributed by atoms with Crippen molar-refractivity contribution in [3.63, 3.8) is 0 Å². The normalized spacial score (nSPS) is 13.3. The van der Waals surface area contributed by atoms with Gasteiger partial charge >= 0.3 is 11.9 Å². The van der Waals surface area contributed by atoms with Crippen LogP contribution in [0.3, 0.4) is 0 Å². The Hall–Kier alpha value is -1.72. The van der Waals surface area contributed by atoms with E-state index in [1.54, 1.807) is 0 Å². The highest BCUT2D eigenvalue weighted by Crippen LogP contribution is 2.20. The second kappa shape index (κ2) is 14.3. The lowest BCUT2D eigenvalue weighted by Crippen LogP contribution is -2.24. The summed E-state index contributed by atoms with van der Waals surface area (Å²) in [5, 5.41) is 17.5. The molecule has 0 fully saturated rings. The number of hydrogen-bond donors (Lipinski definition) is 2. The second-order valence-corrected chi connectivity index (χ2v) is 9.04. The Kier molecular flexibility index (Phi) is 14.6. The fourth-order valence-electron chi connectivity index (χ4n) is 2.86. The van der Waals surface area contributed by atoms with Crippen LogP contribution in [0.15, 0.2) is 0 Å². The van der Waals surface area contributed by atoms with Gasteiger partial charge in [0.25, 0.3) is 0 Å². The van der Waals surface area contributed by atoms with Crippen LogP contribution in [-0.4, -0.2) is 33.7 Å². The van der Waals surface area contributed by atoms with E-state index in [1.165, 1.54) is 0 Å². The standard InChI is InChI=1S/2C11H20O3/c1-7(2)5-10(12)9(8(3)4)6-11(13)14;1-7(2)5-9(12)6-10(8(3)4)11(13)14/h7-9H,5-6H2,1-4H3,(H,13,14);7-8,10H,5-6H2,1-4H3,(H,13,14). The van der Waals surface area contributed by atoms with E-state index in [0.29, 0.717) is 24.7 Å². The van der Waals surface area contributed by atoms with Crippen LogP contribution < -0.4 is 0 Å². The Balaban J connectivity index is 0. The molecule has 6 heteroatoms. The third-order valence-electron chi connectivity index (χ3n) is 4.43. The van der Waals surface area contributed by atoms with Crippen molar-refractivity contribution in [2.45, 2.75) is 81.1 Å². The predicted octanol–water partition coefficient (Wildman–Crippen LogP) is 4.70. The number of hydrogen-bond acceptors (Lipinski definition) is 4. The van der Waals surface area contributed by atoms with Crippen molar-refractivity contribution in [1.82, 2.24) is 0 Å². The molecule has 0 radical (unpaired) electrons. The van der Waals surface area contributed by atoms with Crippen molar-refractivity contribution in [2.24, 2.45) is 35.5 Å². The van der Waals surface area contributed by atoms with E-state index >= 15 is 0 Å². The Morgan fingerprint density at radius 2 is 1.04 bits per heavy atom. The van der Waals surface area contributed by atoms with Gasteiger partial charge in [0.1, 0.15) is 11.6 Å². The summed E-state index contributed by atoms with van der Waals surface area (Å²) < 4.78 is 0. The maximum Gasteiger partial charge on any atom is 0.307 e. The van der Waals surface area contributed by atoms with Crippen LogP contribution in [0, 0.1) is 35.5 Å². The van der Waals surface area contributed by atoms with Gasteiger partial charge in [-0.2, -0.15) is 0 Å². The minimum Gasteiger partial charge on any atom is -0.481 e. The Labute approximate surface area is 170 Å². The van der Waals surface area contributed by atoms with E-state index in [-0.39, 0.29) is 42.2 Å². The monoisotopic (exact) mass is 400 g/mol. The fourth-order valence-corrected chi connectivity index (χ4v) is 2.86. The quantitative estimate of drug-likeness (QED) is 0.491. The van der Waals surface area contributed by atoms with Crippen molar-refractivity contribution in [3.05, 3.63) is 0 Å². The minimum absolute atomic E-state index is 0.0172. The van der Waals surface area contributed by atoms with Crippen LogP contribution >= 0.6 is 0 Å². The van der Waals surface area contributed by atoms with Gasteiger partial charge in [0.2, 0.25) is 0 Å². The van der Waals surface area contributed by atoms with Gasteiger partial charge in [0.15, 0.2) is 0 Å². The highest BCUT2D eigenvalue weighted by atomic mass is 16.4. The highest BCUT2D eigenvalue weighted by Gasteiger charge is 2.25. The van der Waals surface area contributed by atoms with Crippen LogP contribution in [0.25, 0.3) is 0 Å². The van der Waals surface area contributed by atoms with Crippen LogP contribution in [0.5, 0.6) is 0 Å². The average molecular weight is 401 g/mol. The molecule has 0 aromatic carbocycles. The van der Waals surface area contributed by atoms with Gasteiger partial charge in [-0.25, -0.2) is 0 Å².